The lowest BCUT2D eigenvalue weighted by Crippen LogP contribution is -2.50. The fourth-order valence-corrected chi connectivity index (χ4v) is 3.76. The summed E-state index contributed by atoms with van der Waals surface area (Å²) in [6, 6.07) is 9.49. The van der Waals surface area contributed by atoms with Crippen LogP contribution in [-0.4, -0.2) is 34.4 Å². The first-order valence-corrected chi connectivity index (χ1v) is 10.3. The van der Waals surface area contributed by atoms with Gasteiger partial charge in [0.15, 0.2) is 0 Å². The van der Waals surface area contributed by atoms with Crippen LogP contribution in [0.2, 0.25) is 0 Å². The Morgan fingerprint density at radius 2 is 2.03 bits per heavy atom. The molecule has 1 heterocycles. The van der Waals surface area contributed by atoms with Crippen LogP contribution in [-0.2, 0) is 22.5 Å². The second-order valence-electron chi connectivity index (χ2n) is 7.73. The molecule has 2 N–H and O–H groups in total. The number of hydrogen-bond acceptors (Lipinski definition) is 4. The number of nitrogens with zero attached hydrogens (tertiary/aromatic N) is 2. The van der Waals surface area contributed by atoms with Crippen LogP contribution in [0.1, 0.15) is 56.5 Å². The number of rotatable bonds is 7. The Bertz CT molecular complexity index is 832. The molecule has 1 aliphatic carbocycles. The minimum atomic E-state index is -0.640. The van der Waals surface area contributed by atoms with Gasteiger partial charge in [-0.1, -0.05) is 44.2 Å². The van der Waals surface area contributed by atoms with E-state index in [1.54, 1.807) is 6.92 Å². The number of carbonyl (C=O) groups is 2. The number of fused-ring (bicyclic) bond motifs is 1. The zero-order valence-corrected chi connectivity index (χ0v) is 17.4. The summed E-state index contributed by atoms with van der Waals surface area (Å²) in [7, 11) is 0. The van der Waals surface area contributed by atoms with Crippen molar-refractivity contribution in [3.63, 3.8) is 0 Å². The zero-order valence-electron chi connectivity index (χ0n) is 17.4. The summed E-state index contributed by atoms with van der Waals surface area (Å²) >= 11 is 0. The summed E-state index contributed by atoms with van der Waals surface area (Å²) in [6.07, 6.45) is 4.09. The molecule has 156 valence electrons. The van der Waals surface area contributed by atoms with Crippen LogP contribution in [0.4, 0.5) is 4.79 Å². The number of benzene rings is 1. The molecule has 1 aromatic heterocycles. The number of aromatic nitrogens is 2. The lowest BCUT2D eigenvalue weighted by molar-refractivity contribution is -0.124. The minimum absolute atomic E-state index is 0.0525. The molecule has 0 fully saturated rings. The van der Waals surface area contributed by atoms with Crippen LogP contribution >= 0.6 is 0 Å². The van der Waals surface area contributed by atoms with Crippen molar-refractivity contribution in [1.29, 1.82) is 0 Å². The monoisotopic (exact) mass is 398 g/mol. The fraction of sp³-hybridized carbons (Fsp3) is 0.500. The van der Waals surface area contributed by atoms with Gasteiger partial charge in [0.05, 0.1) is 25.4 Å². The fourth-order valence-electron chi connectivity index (χ4n) is 3.76. The molecule has 3 rings (SSSR count). The van der Waals surface area contributed by atoms with Crippen LogP contribution in [0.3, 0.4) is 0 Å². The Morgan fingerprint density at radius 3 is 2.72 bits per heavy atom. The number of ether oxygens (including phenoxy) is 1. The summed E-state index contributed by atoms with van der Waals surface area (Å²) in [5, 5.41) is 10.4. The maximum Gasteiger partial charge on any atom is 0.407 e. The van der Waals surface area contributed by atoms with Gasteiger partial charge >= 0.3 is 6.09 Å². The Morgan fingerprint density at radius 1 is 1.28 bits per heavy atom. The number of hydrogen-bond donors (Lipinski definition) is 2. The summed E-state index contributed by atoms with van der Waals surface area (Å²) in [5.41, 5.74) is 3.44. The first kappa shape index (κ1) is 20.9. The molecule has 0 spiro atoms. The van der Waals surface area contributed by atoms with Gasteiger partial charge in [-0.05, 0) is 37.7 Å². The van der Waals surface area contributed by atoms with E-state index in [4.69, 9.17) is 4.74 Å². The van der Waals surface area contributed by atoms with Crippen LogP contribution in [0.5, 0.6) is 0 Å². The third-order valence-electron chi connectivity index (χ3n) is 5.25. The Hall–Kier alpha value is -2.83. The maximum absolute atomic E-state index is 12.9. The molecule has 0 bridgehead atoms. The van der Waals surface area contributed by atoms with Gasteiger partial charge in [-0.15, -0.1) is 0 Å². The molecule has 0 aliphatic heterocycles. The predicted molar refractivity (Wildman–Crippen MR) is 110 cm³/mol. The second-order valence-corrected chi connectivity index (χ2v) is 7.73. The largest absolute Gasteiger partial charge is 0.450 e. The highest BCUT2D eigenvalue weighted by atomic mass is 16.5. The van der Waals surface area contributed by atoms with Crippen molar-refractivity contribution in [2.45, 2.75) is 58.7 Å². The number of alkyl carbamates (subject to hydrolysis) is 1. The highest BCUT2D eigenvalue weighted by Crippen LogP contribution is 2.30. The summed E-state index contributed by atoms with van der Waals surface area (Å²) < 4.78 is 6.96. The molecular formula is C22H30N4O3. The quantitative estimate of drug-likeness (QED) is 0.750. The van der Waals surface area contributed by atoms with E-state index in [0.717, 1.165) is 31.4 Å². The van der Waals surface area contributed by atoms with Gasteiger partial charge in [0.1, 0.15) is 6.04 Å². The van der Waals surface area contributed by atoms with Gasteiger partial charge in [0, 0.05) is 11.3 Å². The van der Waals surface area contributed by atoms with Gasteiger partial charge in [-0.2, -0.15) is 5.10 Å². The average molecular weight is 399 g/mol. The van der Waals surface area contributed by atoms with Gasteiger partial charge in [0.25, 0.3) is 0 Å². The summed E-state index contributed by atoms with van der Waals surface area (Å²) in [6.45, 7) is 6.53. The Kier molecular flexibility index (Phi) is 6.90. The smallest absolute Gasteiger partial charge is 0.407 e. The highest BCUT2D eigenvalue weighted by Gasteiger charge is 2.30. The summed E-state index contributed by atoms with van der Waals surface area (Å²) in [5.74, 6) is -0.245. The molecule has 0 radical (unpaired) electrons. The zero-order chi connectivity index (χ0) is 20.8. The lowest BCUT2D eigenvalue weighted by atomic mass is 9.92. The molecule has 7 heteroatoms. The normalized spacial score (nSPS) is 16.8. The molecule has 1 aliphatic rings. The van der Waals surface area contributed by atoms with Crippen molar-refractivity contribution in [3.05, 3.63) is 53.3 Å². The molecule has 0 saturated heterocycles. The molecule has 0 saturated carbocycles. The second kappa shape index (κ2) is 9.58. The minimum Gasteiger partial charge on any atom is -0.450 e. The molecule has 2 atom stereocenters. The van der Waals surface area contributed by atoms with Crippen LogP contribution in [0.25, 0.3) is 0 Å². The van der Waals surface area contributed by atoms with Gasteiger partial charge in [-0.25, -0.2) is 4.79 Å². The Labute approximate surface area is 171 Å². The van der Waals surface area contributed by atoms with E-state index in [1.807, 2.05) is 42.9 Å². The Balaban J connectivity index is 1.71. The summed E-state index contributed by atoms with van der Waals surface area (Å²) in [4.78, 5) is 24.7. The van der Waals surface area contributed by atoms with Crippen molar-refractivity contribution in [1.82, 2.24) is 20.4 Å². The van der Waals surface area contributed by atoms with Gasteiger partial charge in [0.2, 0.25) is 5.91 Å². The van der Waals surface area contributed by atoms with E-state index >= 15 is 0 Å². The van der Waals surface area contributed by atoms with Crippen molar-refractivity contribution in [3.8, 4) is 0 Å². The van der Waals surface area contributed by atoms with E-state index < -0.39 is 12.1 Å². The SMILES string of the molecule is CCOC(=O)NC(C(=O)NC1CCCc2c1cnn2Cc1ccccc1)C(C)C. The van der Waals surface area contributed by atoms with Gasteiger partial charge in [-0.3, -0.25) is 9.48 Å². The van der Waals surface area contributed by atoms with Crippen molar-refractivity contribution in [2.75, 3.05) is 6.61 Å². The first-order valence-electron chi connectivity index (χ1n) is 10.3. The molecule has 2 aromatic rings. The molecule has 2 amide bonds. The van der Waals surface area contributed by atoms with Crippen LogP contribution < -0.4 is 10.6 Å². The first-order chi connectivity index (χ1) is 14.0. The lowest BCUT2D eigenvalue weighted by Gasteiger charge is -2.28. The van der Waals surface area contributed by atoms with E-state index in [0.29, 0.717) is 0 Å². The number of amides is 2. The highest BCUT2D eigenvalue weighted by molar-refractivity contribution is 5.86. The third kappa shape index (κ3) is 5.16. The third-order valence-corrected chi connectivity index (χ3v) is 5.25. The molecule has 1 aromatic carbocycles. The van der Waals surface area contributed by atoms with E-state index in [2.05, 4.69) is 27.9 Å². The topological polar surface area (TPSA) is 85.2 Å². The maximum atomic E-state index is 12.9. The molecule has 7 nitrogen and oxygen atoms in total. The van der Waals surface area contributed by atoms with E-state index in [1.165, 1.54) is 11.3 Å². The van der Waals surface area contributed by atoms with Crippen molar-refractivity contribution < 1.29 is 14.3 Å². The van der Waals surface area contributed by atoms with Crippen LogP contribution in [0.15, 0.2) is 36.5 Å². The average Bonchev–Trinajstić information content (AvgIpc) is 3.11. The molecular weight excluding hydrogens is 368 g/mol. The number of carbonyl (C=O) groups excluding carboxylic acids is 2. The van der Waals surface area contributed by atoms with E-state index in [9.17, 15) is 9.59 Å². The molecule has 29 heavy (non-hydrogen) atoms. The van der Waals surface area contributed by atoms with Crippen molar-refractivity contribution in [2.24, 2.45) is 5.92 Å². The van der Waals surface area contributed by atoms with Crippen LogP contribution in [0, 0.1) is 5.92 Å². The standard InChI is InChI=1S/C22H30N4O3/c1-4-29-22(28)25-20(15(2)3)21(27)24-18-11-8-12-19-17(18)13-23-26(19)14-16-9-6-5-7-10-16/h5-7,9-10,13,15,18,20H,4,8,11-12,14H2,1-3H3,(H,24,27)(H,25,28). The molecule has 2 unspecified atom stereocenters. The van der Waals surface area contributed by atoms with Gasteiger partial charge < -0.3 is 15.4 Å². The van der Waals surface area contributed by atoms with Crippen molar-refractivity contribution >= 4 is 12.0 Å². The number of nitrogens with one attached hydrogen (secondary N) is 2. The van der Waals surface area contributed by atoms with E-state index in [-0.39, 0.29) is 24.5 Å². The predicted octanol–water partition coefficient (Wildman–Crippen LogP) is 3.20.